The first-order valence-corrected chi connectivity index (χ1v) is 5.99. The van der Waals surface area contributed by atoms with Crippen molar-refractivity contribution >= 4 is 27.8 Å². The third-order valence-electron chi connectivity index (χ3n) is 3.06. The molecule has 3 nitrogen and oxygen atoms in total. The number of hydrogen-bond acceptors (Lipinski definition) is 3. The van der Waals surface area contributed by atoms with Gasteiger partial charge in [0.05, 0.1) is 11.4 Å². The zero-order valence-corrected chi connectivity index (χ0v) is 10.4. The van der Waals surface area contributed by atoms with Gasteiger partial charge in [-0.25, -0.2) is 8.78 Å². The summed E-state index contributed by atoms with van der Waals surface area (Å²) < 4.78 is 26.1. The molecule has 0 bridgehead atoms. The maximum Gasteiger partial charge on any atom is 0.160 e. The second-order valence-corrected chi connectivity index (χ2v) is 4.38. The molecule has 5 heteroatoms. The monoisotopic (exact) mass is 271 g/mol. The zero-order chi connectivity index (χ0) is 14.1. The largest absolute Gasteiger partial charge is 0.397 e. The van der Waals surface area contributed by atoms with Gasteiger partial charge in [-0.05, 0) is 24.3 Å². The highest BCUT2D eigenvalue weighted by atomic mass is 19.2. The summed E-state index contributed by atoms with van der Waals surface area (Å²) in [6, 6.07) is 9.06. The lowest BCUT2D eigenvalue weighted by atomic mass is 10.1. The minimum Gasteiger partial charge on any atom is -0.397 e. The van der Waals surface area contributed by atoms with Crippen LogP contribution in [0, 0.1) is 11.6 Å². The molecule has 20 heavy (non-hydrogen) atoms. The highest BCUT2D eigenvalue weighted by Crippen LogP contribution is 2.30. The molecule has 0 saturated heterocycles. The summed E-state index contributed by atoms with van der Waals surface area (Å²) >= 11 is 0. The Labute approximate surface area is 114 Å². The van der Waals surface area contributed by atoms with E-state index in [-0.39, 0.29) is 0 Å². The maximum absolute atomic E-state index is 13.2. The minimum absolute atomic E-state index is 0.434. The van der Waals surface area contributed by atoms with Crippen molar-refractivity contribution in [2.75, 3.05) is 11.1 Å². The van der Waals surface area contributed by atoms with Gasteiger partial charge in [0, 0.05) is 34.9 Å². The Morgan fingerprint density at radius 3 is 2.65 bits per heavy atom. The number of nitrogen functional groups attached to an aromatic ring is 1. The van der Waals surface area contributed by atoms with Crippen LogP contribution in [0.1, 0.15) is 0 Å². The summed E-state index contributed by atoms with van der Waals surface area (Å²) in [4.78, 5) is 4.02. The van der Waals surface area contributed by atoms with Crippen molar-refractivity contribution in [1.29, 1.82) is 0 Å². The number of pyridine rings is 1. The predicted molar refractivity (Wildman–Crippen MR) is 75.8 cm³/mol. The van der Waals surface area contributed by atoms with Crippen molar-refractivity contribution in [3.8, 4) is 0 Å². The van der Waals surface area contributed by atoms with Gasteiger partial charge in [0.25, 0.3) is 0 Å². The normalized spacial score (nSPS) is 10.7. The first-order valence-electron chi connectivity index (χ1n) is 5.99. The summed E-state index contributed by atoms with van der Waals surface area (Å²) in [6.07, 6.45) is 3.37. The molecule has 0 aliphatic heterocycles. The molecule has 2 aromatic carbocycles. The van der Waals surface area contributed by atoms with E-state index in [1.165, 1.54) is 6.07 Å². The van der Waals surface area contributed by atoms with E-state index in [4.69, 9.17) is 5.73 Å². The summed E-state index contributed by atoms with van der Waals surface area (Å²) in [7, 11) is 0. The molecule has 100 valence electrons. The highest BCUT2D eigenvalue weighted by molar-refractivity contribution is 5.99. The fourth-order valence-electron chi connectivity index (χ4n) is 2.03. The second-order valence-electron chi connectivity index (χ2n) is 4.38. The molecule has 1 heterocycles. The fourth-order valence-corrected chi connectivity index (χ4v) is 2.03. The lowest BCUT2D eigenvalue weighted by molar-refractivity contribution is 0.509. The van der Waals surface area contributed by atoms with Crippen molar-refractivity contribution in [2.24, 2.45) is 0 Å². The van der Waals surface area contributed by atoms with Crippen LogP contribution in [-0.4, -0.2) is 4.98 Å². The Morgan fingerprint density at radius 2 is 1.85 bits per heavy atom. The van der Waals surface area contributed by atoms with E-state index in [2.05, 4.69) is 10.3 Å². The third-order valence-corrected chi connectivity index (χ3v) is 3.06. The Bertz CT molecular complexity index is 787. The molecule has 3 aromatic rings. The number of nitrogens with one attached hydrogen (secondary N) is 1. The Kier molecular flexibility index (Phi) is 2.95. The van der Waals surface area contributed by atoms with Crippen LogP contribution in [0.4, 0.5) is 25.8 Å². The number of rotatable bonds is 2. The topological polar surface area (TPSA) is 50.9 Å². The number of anilines is 3. The van der Waals surface area contributed by atoms with Crippen molar-refractivity contribution < 1.29 is 8.78 Å². The average molecular weight is 271 g/mol. The molecular weight excluding hydrogens is 260 g/mol. The first-order chi connectivity index (χ1) is 9.65. The van der Waals surface area contributed by atoms with Crippen LogP contribution in [0.25, 0.3) is 10.8 Å². The molecule has 1 aromatic heterocycles. The van der Waals surface area contributed by atoms with Crippen LogP contribution >= 0.6 is 0 Å². The van der Waals surface area contributed by atoms with Gasteiger partial charge in [0.1, 0.15) is 0 Å². The first kappa shape index (κ1) is 12.3. The molecule has 0 fully saturated rings. The third kappa shape index (κ3) is 2.14. The van der Waals surface area contributed by atoms with E-state index in [0.717, 1.165) is 22.9 Å². The molecule has 0 spiro atoms. The average Bonchev–Trinajstić information content (AvgIpc) is 2.46. The number of nitrogens with two attached hydrogens (primary N) is 1. The summed E-state index contributed by atoms with van der Waals surface area (Å²) in [6.45, 7) is 0. The van der Waals surface area contributed by atoms with Crippen LogP contribution in [0.2, 0.25) is 0 Å². The van der Waals surface area contributed by atoms with Gasteiger partial charge in [-0.3, -0.25) is 4.98 Å². The molecule has 0 amide bonds. The Balaban J connectivity index is 2.02. The fraction of sp³-hybridized carbons (Fsp3) is 0. The molecule has 3 N–H and O–H groups in total. The van der Waals surface area contributed by atoms with Gasteiger partial charge in [0.15, 0.2) is 11.6 Å². The van der Waals surface area contributed by atoms with Crippen LogP contribution in [0.15, 0.2) is 48.8 Å². The van der Waals surface area contributed by atoms with Gasteiger partial charge in [-0.2, -0.15) is 0 Å². The Hall–Kier alpha value is -2.69. The smallest absolute Gasteiger partial charge is 0.160 e. The Morgan fingerprint density at radius 1 is 1.00 bits per heavy atom. The second kappa shape index (κ2) is 4.77. The van der Waals surface area contributed by atoms with Gasteiger partial charge in [-0.15, -0.1) is 0 Å². The summed E-state index contributed by atoms with van der Waals surface area (Å²) in [5.41, 5.74) is 7.68. The number of aromatic nitrogens is 1. The van der Waals surface area contributed by atoms with Gasteiger partial charge >= 0.3 is 0 Å². The summed E-state index contributed by atoms with van der Waals surface area (Å²) in [5.74, 6) is -1.79. The predicted octanol–water partition coefficient (Wildman–Crippen LogP) is 3.84. The molecule has 0 aliphatic rings. The standard InChI is InChI=1S/C15H11F2N3/c16-12-3-2-10(7-13(12)17)20-14-4-1-9-8-19-6-5-11(9)15(14)18/h1-8,20H,18H2. The van der Waals surface area contributed by atoms with Crippen molar-refractivity contribution in [3.63, 3.8) is 0 Å². The molecule has 0 unspecified atom stereocenters. The molecular formula is C15H11F2N3. The number of halogens is 2. The van der Waals surface area contributed by atoms with Crippen molar-refractivity contribution in [1.82, 2.24) is 4.98 Å². The number of nitrogens with zero attached hydrogens (tertiary/aromatic N) is 1. The van der Waals surface area contributed by atoms with Crippen LogP contribution in [-0.2, 0) is 0 Å². The molecule has 0 aliphatic carbocycles. The minimum atomic E-state index is -0.904. The van der Waals surface area contributed by atoms with E-state index >= 15 is 0 Å². The van der Waals surface area contributed by atoms with Crippen LogP contribution in [0.3, 0.4) is 0 Å². The van der Waals surface area contributed by atoms with E-state index < -0.39 is 11.6 Å². The number of fused-ring (bicyclic) bond motifs is 1. The van der Waals surface area contributed by atoms with Crippen molar-refractivity contribution in [2.45, 2.75) is 0 Å². The van der Waals surface area contributed by atoms with Gasteiger partial charge < -0.3 is 11.1 Å². The molecule has 3 rings (SSSR count). The van der Waals surface area contributed by atoms with Crippen LogP contribution < -0.4 is 11.1 Å². The van der Waals surface area contributed by atoms with Gasteiger partial charge in [0.2, 0.25) is 0 Å². The highest BCUT2D eigenvalue weighted by Gasteiger charge is 2.07. The molecule has 0 radical (unpaired) electrons. The zero-order valence-electron chi connectivity index (χ0n) is 10.4. The lowest BCUT2D eigenvalue weighted by Crippen LogP contribution is -1.98. The van der Waals surface area contributed by atoms with E-state index in [1.54, 1.807) is 24.5 Å². The molecule has 0 atom stereocenters. The quantitative estimate of drug-likeness (QED) is 0.696. The SMILES string of the molecule is Nc1c(Nc2ccc(F)c(F)c2)ccc2cnccc12. The number of hydrogen-bond donors (Lipinski definition) is 2. The summed E-state index contributed by atoms with van der Waals surface area (Å²) in [5, 5.41) is 4.75. The van der Waals surface area contributed by atoms with Gasteiger partial charge in [-0.1, -0.05) is 6.07 Å². The van der Waals surface area contributed by atoms with Crippen LogP contribution in [0.5, 0.6) is 0 Å². The van der Waals surface area contributed by atoms with Crippen molar-refractivity contribution in [3.05, 3.63) is 60.4 Å². The van der Waals surface area contributed by atoms with E-state index in [1.807, 2.05) is 6.07 Å². The molecule has 0 saturated carbocycles. The maximum atomic E-state index is 13.2. The van der Waals surface area contributed by atoms with E-state index in [0.29, 0.717) is 17.1 Å². The van der Waals surface area contributed by atoms with E-state index in [9.17, 15) is 8.78 Å². The number of benzene rings is 2. The lowest BCUT2D eigenvalue weighted by Gasteiger charge is -2.11.